The molecule has 0 atom stereocenters. The second-order valence-corrected chi connectivity index (χ2v) is 9.85. The van der Waals surface area contributed by atoms with Gasteiger partial charge in [0.1, 0.15) is 12.1 Å². The number of anilines is 1. The van der Waals surface area contributed by atoms with E-state index in [0.717, 1.165) is 11.1 Å². The van der Waals surface area contributed by atoms with Crippen LogP contribution in [-0.2, 0) is 16.6 Å². The van der Waals surface area contributed by atoms with Crippen molar-refractivity contribution in [1.29, 1.82) is 0 Å². The van der Waals surface area contributed by atoms with Crippen LogP contribution in [0.5, 0.6) is 0 Å². The van der Waals surface area contributed by atoms with Crippen LogP contribution in [0, 0.1) is 0 Å². The molecule has 1 spiro atoms. The average Bonchev–Trinajstić information content (AvgIpc) is 3.25. The fourth-order valence-corrected chi connectivity index (χ4v) is 6.00. The molecular formula is C28H29N5O4. The summed E-state index contributed by atoms with van der Waals surface area (Å²) in [6.07, 6.45) is 0.501. The third kappa shape index (κ3) is 3.81. The van der Waals surface area contributed by atoms with Gasteiger partial charge in [0.2, 0.25) is 0 Å². The fraction of sp³-hybridized carbons (Fsp3) is 0.357. The number of aryl methyl sites for hydroxylation is 1. The Labute approximate surface area is 214 Å². The van der Waals surface area contributed by atoms with Crippen molar-refractivity contribution in [3.63, 3.8) is 0 Å². The second kappa shape index (κ2) is 9.15. The first-order chi connectivity index (χ1) is 18.0. The Morgan fingerprint density at radius 2 is 1.62 bits per heavy atom. The van der Waals surface area contributed by atoms with Gasteiger partial charge in [0.25, 0.3) is 11.5 Å². The van der Waals surface area contributed by atoms with Gasteiger partial charge in [-0.25, -0.2) is 9.48 Å². The molecule has 9 heteroatoms. The molecule has 37 heavy (non-hydrogen) atoms. The van der Waals surface area contributed by atoms with Gasteiger partial charge in [-0.2, -0.15) is 5.10 Å². The normalized spacial score (nSPS) is 18.6. The highest BCUT2D eigenvalue weighted by atomic mass is 16.6. The maximum absolute atomic E-state index is 13.9. The predicted octanol–water partition coefficient (Wildman–Crippen LogP) is 2.50. The fourth-order valence-electron chi connectivity index (χ4n) is 6.00. The van der Waals surface area contributed by atoms with E-state index < -0.39 is 11.6 Å². The lowest BCUT2D eigenvalue weighted by Gasteiger charge is -2.50. The van der Waals surface area contributed by atoms with Crippen LogP contribution in [0.1, 0.15) is 29.9 Å². The minimum atomic E-state index is -1.01. The van der Waals surface area contributed by atoms with Gasteiger partial charge in [0.05, 0.1) is 0 Å². The van der Waals surface area contributed by atoms with Gasteiger partial charge in [-0.3, -0.25) is 19.4 Å². The Kier molecular flexibility index (Phi) is 5.79. The lowest BCUT2D eigenvalue weighted by Crippen LogP contribution is -2.70. The van der Waals surface area contributed by atoms with Gasteiger partial charge < -0.3 is 10.1 Å². The zero-order valence-corrected chi connectivity index (χ0v) is 20.7. The molecule has 0 saturated carbocycles. The maximum Gasteiger partial charge on any atom is 0.410 e. The van der Waals surface area contributed by atoms with Gasteiger partial charge in [-0.05, 0) is 54.3 Å². The minimum Gasteiger partial charge on any atom is -0.448 e. The van der Waals surface area contributed by atoms with Crippen molar-refractivity contribution in [1.82, 2.24) is 20.0 Å². The molecule has 2 aromatic carbocycles. The largest absolute Gasteiger partial charge is 0.448 e. The Morgan fingerprint density at radius 3 is 2.27 bits per heavy atom. The third-order valence-corrected chi connectivity index (χ3v) is 7.92. The monoisotopic (exact) mass is 499 g/mol. The molecule has 3 aromatic rings. The van der Waals surface area contributed by atoms with Gasteiger partial charge >= 0.3 is 6.09 Å². The summed E-state index contributed by atoms with van der Waals surface area (Å²) in [6.45, 7) is 2.05. The second-order valence-electron chi connectivity index (χ2n) is 9.85. The number of rotatable bonds is 3. The molecule has 2 aliphatic heterocycles. The number of piperazine rings is 1. The summed E-state index contributed by atoms with van der Waals surface area (Å²) >= 11 is 0. The van der Waals surface area contributed by atoms with Crippen LogP contribution < -0.4 is 15.8 Å². The Morgan fingerprint density at radius 1 is 0.973 bits per heavy atom. The number of ether oxygens (including phenoxy) is 1. The van der Waals surface area contributed by atoms with Gasteiger partial charge in [-0.15, -0.1) is 0 Å². The first-order valence-electron chi connectivity index (χ1n) is 12.7. The highest BCUT2D eigenvalue weighted by molar-refractivity contribution is 6.02. The van der Waals surface area contributed by atoms with Crippen LogP contribution in [-0.4, -0.2) is 65.0 Å². The van der Waals surface area contributed by atoms with Crippen molar-refractivity contribution in [2.75, 3.05) is 37.7 Å². The number of carbonyl (C=O) groups is 2. The molecule has 1 N–H and O–H groups in total. The predicted molar refractivity (Wildman–Crippen MR) is 138 cm³/mol. The topological polar surface area (TPSA) is 96.8 Å². The van der Waals surface area contributed by atoms with E-state index in [9.17, 15) is 14.4 Å². The molecule has 190 valence electrons. The number of hydrogen-bond donors (Lipinski definition) is 1. The summed E-state index contributed by atoms with van der Waals surface area (Å²) < 4.78 is 7.18. The zero-order chi connectivity index (χ0) is 25.6. The Balaban J connectivity index is 1.25. The van der Waals surface area contributed by atoms with E-state index in [1.165, 1.54) is 21.9 Å². The number of piperidine rings is 1. The molecule has 6 rings (SSSR count). The molecule has 3 heterocycles. The summed E-state index contributed by atoms with van der Waals surface area (Å²) in [7, 11) is 1.56. The lowest BCUT2D eigenvalue weighted by atomic mass is 9.83. The summed E-state index contributed by atoms with van der Waals surface area (Å²) in [5.74, 6) is 0.184. The summed E-state index contributed by atoms with van der Waals surface area (Å²) in [6, 6.07) is 19.4. The molecule has 0 bridgehead atoms. The number of nitrogens with zero attached hydrogens (tertiary/aromatic N) is 4. The average molecular weight is 500 g/mol. The molecular weight excluding hydrogens is 470 g/mol. The number of fused-ring (bicyclic) bond motifs is 3. The SMILES string of the molecule is Cn1nc(N2CCN(C(=O)OCC3c4ccccc4-c4ccccc43)C3(CCNCC3)C2=O)ccc1=O. The maximum atomic E-state index is 13.9. The van der Waals surface area contributed by atoms with Crippen LogP contribution in [0.15, 0.2) is 65.5 Å². The number of nitrogens with one attached hydrogen (secondary N) is 1. The number of carbonyl (C=O) groups excluding carboxylic acids is 2. The van der Waals surface area contributed by atoms with E-state index in [-0.39, 0.29) is 30.5 Å². The number of amides is 2. The number of benzene rings is 2. The molecule has 0 radical (unpaired) electrons. The molecule has 1 aromatic heterocycles. The van der Waals surface area contributed by atoms with Gasteiger partial charge in [-0.1, -0.05) is 48.5 Å². The molecule has 2 amide bonds. The van der Waals surface area contributed by atoms with Gasteiger partial charge in [0.15, 0.2) is 5.82 Å². The Bertz CT molecular complexity index is 1380. The van der Waals surface area contributed by atoms with Crippen molar-refractivity contribution >= 4 is 17.8 Å². The van der Waals surface area contributed by atoms with E-state index in [0.29, 0.717) is 38.3 Å². The van der Waals surface area contributed by atoms with E-state index in [2.05, 4.69) is 34.7 Å². The molecule has 2 fully saturated rings. The molecule has 9 nitrogen and oxygen atoms in total. The van der Waals surface area contributed by atoms with Gasteiger partial charge in [0, 0.05) is 32.1 Å². The van der Waals surface area contributed by atoms with Crippen LogP contribution in [0.25, 0.3) is 11.1 Å². The van der Waals surface area contributed by atoms with Crippen LogP contribution >= 0.6 is 0 Å². The van der Waals surface area contributed by atoms with Crippen molar-refractivity contribution in [3.05, 3.63) is 82.1 Å². The summed E-state index contributed by atoms with van der Waals surface area (Å²) in [5, 5.41) is 7.58. The molecule has 1 aliphatic carbocycles. The smallest absolute Gasteiger partial charge is 0.410 e. The van der Waals surface area contributed by atoms with Crippen molar-refractivity contribution in [2.45, 2.75) is 24.3 Å². The first kappa shape index (κ1) is 23.4. The van der Waals surface area contributed by atoms with E-state index in [1.54, 1.807) is 22.9 Å². The lowest BCUT2D eigenvalue weighted by molar-refractivity contribution is -0.134. The van der Waals surface area contributed by atoms with E-state index >= 15 is 0 Å². The molecule has 0 unspecified atom stereocenters. The Hall–Kier alpha value is -3.98. The zero-order valence-electron chi connectivity index (χ0n) is 20.7. The van der Waals surface area contributed by atoms with Crippen molar-refractivity contribution < 1.29 is 14.3 Å². The minimum absolute atomic E-state index is 0.0490. The van der Waals surface area contributed by atoms with Crippen molar-refractivity contribution in [2.24, 2.45) is 7.05 Å². The molecule has 2 saturated heterocycles. The van der Waals surface area contributed by atoms with E-state index in [4.69, 9.17) is 4.74 Å². The first-order valence-corrected chi connectivity index (χ1v) is 12.7. The molecule has 3 aliphatic rings. The summed E-state index contributed by atoms with van der Waals surface area (Å²) in [5.41, 5.74) is 3.38. The van der Waals surface area contributed by atoms with Crippen LogP contribution in [0.3, 0.4) is 0 Å². The highest BCUT2D eigenvalue weighted by Crippen LogP contribution is 2.44. The number of aromatic nitrogens is 2. The summed E-state index contributed by atoms with van der Waals surface area (Å²) in [4.78, 5) is 42.6. The highest BCUT2D eigenvalue weighted by Gasteiger charge is 2.53. The van der Waals surface area contributed by atoms with E-state index in [1.807, 2.05) is 24.3 Å². The standard InChI is InChI=1S/C28H29N5O4/c1-31-25(34)11-10-24(30-31)32-16-17-33(28(26(32)35)12-14-29-15-13-28)27(36)37-18-23-21-8-4-2-6-19(21)20-7-3-5-9-22(20)23/h2-11,23,29H,12-18H2,1H3. The third-order valence-electron chi connectivity index (χ3n) is 7.92. The van der Waals surface area contributed by atoms with Crippen molar-refractivity contribution in [3.8, 4) is 11.1 Å². The van der Waals surface area contributed by atoms with Crippen LogP contribution in [0.2, 0.25) is 0 Å². The quantitative estimate of drug-likeness (QED) is 0.595. The van der Waals surface area contributed by atoms with Crippen LogP contribution in [0.4, 0.5) is 10.6 Å². The number of hydrogen-bond acceptors (Lipinski definition) is 6.